The first-order chi connectivity index (χ1) is 14.2. The van der Waals surface area contributed by atoms with E-state index in [1.165, 1.54) is 5.56 Å². The second kappa shape index (κ2) is 10.2. The number of aromatic nitrogens is 1. The van der Waals surface area contributed by atoms with E-state index < -0.39 is 0 Å². The maximum absolute atomic E-state index is 12.8. The average molecular weight is 386 g/mol. The van der Waals surface area contributed by atoms with E-state index in [1.807, 2.05) is 60.7 Å². The van der Waals surface area contributed by atoms with Crippen molar-refractivity contribution in [3.63, 3.8) is 0 Å². The number of para-hydroxylation sites is 1. The van der Waals surface area contributed by atoms with Crippen molar-refractivity contribution in [2.45, 2.75) is 33.2 Å². The standard InChI is InChI=1S/C24H26N4O/c1-3-18-12-14-20(15-13-18)23(29)28-24(26-17-21-10-7-8-16-25-21)27-22-11-6-5-9-19(22)4-2/h5-16H,3-4,17H2,1-2H3,(H2,26,27,28,29). The van der Waals surface area contributed by atoms with Crippen LogP contribution in [0.3, 0.4) is 0 Å². The minimum atomic E-state index is -0.200. The molecule has 0 aliphatic heterocycles. The van der Waals surface area contributed by atoms with Gasteiger partial charge >= 0.3 is 0 Å². The molecule has 0 radical (unpaired) electrons. The molecule has 3 rings (SSSR count). The summed E-state index contributed by atoms with van der Waals surface area (Å²) in [6.07, 6.45) is 3.55. The van der Waals surface area contributed by atoms with Crippen LogP contribution in [0.4, 0.5) is 5.69 Å². The van der Waals surface area contributed by atoms with Crippen molar-refractivity contribution >= 4 is 17.6 Å². The summed E-state index contributed by atoms with van der Waals surface area (Å²) in [5.74, 6) is 0.204. The lowest BCUT2D eigenvalue weighted by Gasteiger charge is -2.14. The summed E-state index contributed by atoms with van der Waals surface area (Å²) >= 11 is 0. The molecule has 0 aliphatic rings. The van der Waals surface area contributed by atoms with Gasteiger partial charge in [0, 0.05) is 17.4 Å². The summed E-state index contributed by atoms with van der Waals surface area (Å²) in [5, 5.41) is 6.20. The van der Waals surface area contributed by atoms with Crippen LogP contribution in [-0.4, -0.2) is 16.9 Å². The van der Waals surface area contributed by atoms with Gasteiger partial charge in [-0.25, -0.2) is 4.99 Å². The third kappa shape index (κ3) is 5.75. The van der Waals surface area contributed by atoms with E-state index in [4.69, 9.17) is 0 Å². The highest BCUT2D eigenvalue weighted by atomic mass is 16.1. The number of amides is 1. The molecule has 2 aromatic carbocycles. The largest absolute Gasteiger partial charge is 0.326 e. The fraction of sp³-hybridized carbons (Fsp3) is 0.208. The van der Waals surface area contributed by atoms with Crippen molar-refractivity contribution < 1.29 is 4.79 Å². The molecule has 3 aromatic rings. The number of hydrogen-bond donors (Lipinski definition) is 2. The Morgan fingerprint density at radius 2 is 1.69 bits per heavy atom. The summed E-state index contributed by atoms with van der Waals surface area (Å²) in [6, 6.07) is 21.3. The number of guanidine groups is 1. The van der Waals surface area contributed by atoms with Crippen LogP contribution in [0, 0.1) is 0 Å². The van der Waals surface area contributed by atoms with Crippen LogP contribution in [0.25, 0.3) is 0 Å². The molecule has 1 aromatic heterocycles. The summed E-state index contributed by atoms with van der Waals surface area (Å²) in [6.45, 7) is 4.55. The molecule has 29 heavy (non-hydrogen) atoms. The second-order valence-corrected chi connectivity index (χ2v) is 6.63. The lowest BCUT2D eigenvalue weighted by Crippen LogP contribution is -2.36. The lowest BCUT2D eigenvalue weighted by atomic mass is 10.1. The van der Waals surface area contributed by atoms with Crippen LogP contribution in [0.1, 0.15) is 41.0 Å². The first-order valence-electron chi connectivity index (χ1n) is 9.89. The van der Waals surface area contributed by atoms with E-state index in [0.29, 0.717) is 18.1 Å². The van der Waals surface area contributed by atoms with Gasteiger partial charge in [0.2, 0.25) is 5.96 Å². The number of carbonyl (C=O) groups excluding carboxylic acids is 1. The molecule has 0 saturated carbocycles. The van der Waals surface area contributed by atoms with E-state index in [1.54, 1.807) is 6.20 Å². The van der Waals surface area contributed by atoms with Gasteiger partial charge in [-0.15, -0.1) is 0 Å². The van der Waals surface area contributed by atoms with E-state index in [0.717, 1.165) is 29.8 Å². The molecule has 0 bridgehead atoms. The smallest absolute Gasteiger partial charge is 0.257 e. The van der Waals surface area contributed by atoms with Gasteiger partial charge in [-0.3, -0.25) is 15.1 Å². The lowest BCUT2D eigenvalue weighted by molar-refractivity contribution is 0.0977. The fourth-order valence-electron chi connectivity index (χ4n) is 2.91. The number of hydrogen-bond acceptors (Lipinski definition) is 3. The Kier molecular flexibility index (Phi) is 7.11. The van der Waals surface area contributed by atoms with Gasteiger partial charge in [-0.1, -0.05) is 50.2 Å². The van der Waals surface area contributed by atoms with Gasteiger partial charge in [0.05, 0.1) is 12.2 Å². The molecule has 5 nitrogen and oxygen atoms in total. The highest BCUT2D eigenvalue weighted by Crippen LogP contribution is 2.15. The van der Waals surface area contributed by atoms with E-state index >= 15 is 0 Å². The quantitative estimate of drug-likeness (QED) is 0.480. The number of aliphatic imine (C=N–C) groups is 1. The van der Waals surface area contributed by atoms with Gasteiger partial charge in [0.15, 0.2) is 0 Å². The molecule has 0 atom stereocenters. The molecule has 0 spiro atoms. The van der Waals surface area contributed by atoms with Crippen LogP contribution in [0.15, 0.2) is 77.9 Å². The van der Waals surface area contributed by atoms with Crippen molar-refractivity contribution in [3.8, 4) is 0 Å². The molecule has 0 saturated heterocycles. The number of carbonyl (C=O) groups is 1. The third-order valence-corrected chi connectivity index (χ3v) is 4.63. The Balaban J connectivity index is 1.82. The van der Waals surface area contributed by atoms with E-state index in [9.17, 15) is 4.79 Å². The summed E-state index contributed by atoms with van der Waals surface area (Å²) < 4.78 is 0. The number of rotatable bonds is 6. The third-order valence-electron chi connectivity index (χ3n) is 4.63. The van der Waals surface area contributed by atoms with Gasteiger partial charge in [-0.05, 0) is 54.3 Å². The van der Waals surface area contributed by atoms with Crippen LogP contribution in [-0.2, 0) is 19.4 Å². The minimum absolute atomic E-state index is 0.200. The topological polar surface area (TPSA) is 66.4 Å². The normalized spacial score (nSPS) is 11.2. The zero-order valence-corrected chi connectivity index (χ0v) is 16.9. The zero-order valence-electron chi connectivity index (χ0n) is 16.9. The molecule has 148 valence electrons. The summed E-state index contributed by atoms with van der Waals surface area (Å²) in [7, 11) is 0. The number of benzene rings is 2. The Bertz CT molecular complexity index is 966. The molecular weight excluding hydrogens is 360 g/mol. The molecule has 0 aliphatic carbocycles. The number of pyridine rings is 1. The predicted octanol–water partition coefficient (Wildman–Crippen LogP) is 4.60. The maximum Gasteiger partial charge on any atom is 0.257 e. The van der Waals surface area contributed by atoms with Crippen LogP contribution in [0.2, 0.25) is 0 Å². The number of aryl methyl sites for hydroxylation is 2. The van der Waals surface area contributed by atoms with Gasteiger partial charge in [-0.2, -0.15) is 0 Å². The van der Waals surface area contributed by atoms with Crippen molar-refractivity contribution in [1.29, 1.82) is 0 Å². The summed E-state index contributed by atoms with van der Waals surface area (Å²) in [5.41, 5.74) is 4.70. The Morgan fingerprint density at radius 1 is 0.931 bits per heavy atom. The van der Waals surface area contributed by atoms with E-state index in [2.05, 4.69) is 40.5 Å². The molecular formula is C24H26N4O. The monoisotopic (exact) mass is 386 g/mol. The highest BCUT2D eigenvalue weighted by Gasteiger charge is 2.11. The first-order valence-corrected chi connectivity index (χ1v) is 9.89. The fourth-order valence-corrected chi connectivity index (χ4v) is 2.91. The summed E-state index contributed by atoms with van der Waals surface area (Å²) in [4.78, 5) is 21.6. The van der Waals surface area contributed by atoms with E-state index in [-0.39, 0.29) is 5.91 Å². The highest BCUT2D eigenvalue weighted by molar-refractivity contribution is 6.10. The Labute approximate surface area is 171 Å². The number of anilines is 1. The van der Waals surface area contributed by atoms with Crippen molar-refractivity contribution in [2.24, 2.45) is 4.99 Å². The molecule has 5 heteroatoms. The predicted molar refractivity (Wildman–Crippen MR) is 118 cm³/mol. The molecule has 0 unspecified atom stereocenters. The number of nitrogens with one attached hydrogen (secondary N) is 2. The van der Waals surface area contributed by atoms with Gasteiger partial charge in [0.25, 0.3) is 5.91 Å². The van der Waals surface area contributed by atoms with Crippen molar-refractivity contribution in [2.75, 3.05) is 5.32 Å². The Morgan fingerprint density at radius 3 is 2.38 bits per heavy atom. The second-order valence-electron chi connectivity index (χ2n) is 6.63. The van der Waals surface area contributed by atoms with Crippen molar-refractivity contribution in [3.05, 3.63) is 95.3 Å². The van der Waals surface area contributed by atoms with Crippen molar-refractivity contribution in [1.82, 2.24) is 10.3 Å². The van der Waals surface area contributed by atoms with Crippen LogP contribution >= 0.6 is 0 Å². The molecule has 0 fully saturated rings. The van der Waals surface area contributed by atoms with Crippen LogP contribution in [0.5, 0.6) is 0 Å². The minimum Gasteiger partial charge on any atom is -0.326 e. The van der Waals surface area contributed by atoms with Crippen LogP contribution < -0.4 is 10.6 Å². The molecule has 1 amide bonds. The average Bonchev–Trinajstić information content (AvgIpc) is 2.78. The maximum atomic E-state index is 12.8. The molecule has 1 heterocycles. The zero-order chi connectivity index (χ0) is 20.5. The molecule has 2 N–H and O–H groups in total. The van der Waals surface area contributed by atoms with Gasteiger partial charge in [0.1, 0.15) is 0 Å². The number of nitrogens with zero attached hydrogens (tertiary/aromatic N) is 2. The SMILES string of the molecule is CCc1ccc(C(=O)NC(=NCc2ccccn2)Nc2ccccc2CC)cc1. The Hall–Kier alpha value is -3.47. The van der Waals surface area contributed by atoms with Gasteiger partial charge < -0.3 is 5.32 Å². The first kappa shape index (κ1) is 20.3.